The van der Waals surface area contributed by atoms with Gasteiger partial charge in [0.25, 0.3) is 0 Å². The van der Waals surface area contributed by atoms with Crippen LogP contribution in [0.2, 0.25) is 0 Å². The highest BCUT2D eigenvalue weighted by Crippen LogP contribution is 2.45. The molecule has 3 aliphatic rings. The van der Waals surface area contributed by atoms with Crippen molar-refractivity contribution in [1.29, 1.82) is 5.26 Å². The van der Waals surface area contributed by atoms with Crippen molar-refractivity contribution in [3.05, 3.63) is 29.5 Å². The standard InChI is InChI=1S/C23H30N4O2.CO2/c1-2-3-4-13-28-20-6-5-19-21(27-20)18(17(14-24)15-26-19)7-8-23-11-9-22(25,10-12-23)16-29-23;2-1-3/h5-6,15H,2-4,7-13,16,25H2,1H3;. The highest BCUT2D eigenvalue weighted by Gasteiger charge is 2.47. The summed E-state index contributed by atoms with van der Waals surface area (Å²) in [4.78, 5) is 25.4. The van der Waals surface area contributed by atoms with E-state index in [-0.39, 0.29) is 17.3 Å². The van der Waals surface area contributed by atoms with E-state index < -0.39 is 0 Å². The molecule has 2 aromatic heterocycles. The van der Waals surface area contributed by atoms with Crippen molar-refractivity contribution in [3.8, 4) is 11.9 Å². The van der Waals surface area contributed by atoms with E-state index in [9.17, 15) is 5.26 Å². The molecule has 0 radical (unpaired) electrons. The number of unbranched alkanes of at least 4 members (excludes halogenated alkanes) is 2. The molecule has 2 bridgehead atoms. The number of nitrogens with two attached hydrogens (primary N) is 1. The van der Waals surface area contributed by atoms with Gasteiger partial charge in [0.2, 0.25) is 5.88 Å². The first kappa shape index (κ1) is 23.8. The van der Waals surface area contributed by atoms with E-state index in [1.165, 1.54) is 0 Å². The van der Waals surface area contributed by atoms with Crippen molar-refractivity contribution in [2.75, 3.05) is 13.2 Å². The number of hydrogen-bond acceptors (Lipinski definition) is 8. The molecule has 0 aromatic carbocycles. The van der Waals surface area contributed by atoms with E-state index in [0.29, 0.717) is 24.7 Å². The highest BCUT2D eigenvalue weighted by atomic mass is 16.5. The van der Waals surface area contributed by atoms with Gasteiger partial charge >= 0.3 is 6.15 Å². The third kappa shape index (κ3) is 5.49. The molecule has 1 aliphatic carbocycles. The lowest BCUT2D eigenvalue weighted by atomic mass is 9.70. The molecule has 2 aromatic rings. The Morgan fingerprint density at radius 1 is 1.22 bits per heavy atom. The maximum atomic E-state index is 9.65. The van der Waals surface area contributed by atoms with Crippen LogP contribution in [0.3, 0.4) is 0 Å². The van der Waals surface area contributed by atoms with Gasteiger partial charge in [0.1, 0.15) is 6.07 Å². The molecule has 8 heteroatoms. The molecule has 0 unspecified atom stereocenters. The molecular weight excluding hydrogens is 408 g/mol. The van der Waals surface area contributed by atoms with E-state index in [1.54, 1.807) is 6.20 Å². The Kier molecular flexibility index (Phi) is 7.92. The Morgan fingerprint density at radius 2 is 1.97 bits per heavy atom. The van der Waals surface area contributed by atoms with Gasteiger partial charge in [-0.3, -0.25) is 4.98 Å². The number of rotatable bonds is 8. The van der Waals surface area contributed by atoms with Crippen molar-refractivity contribution in [3.63, 3.8) is 0 Å². The van der Waals surface area contributed by atoms with Crippen LogP contribution in [-0.2, 0) is 20.7 Å². The second-order valence-electron chi connectivity index (χ2n) is 8.75. The SMILES string of the molecule is CCCCCOc1ccc2ncc(C#N)c(CCC34CCC(N)(CC3)CO4)c2n1.O=C=O. The smallest absolute Gasteiger partial charge is 0.373 e. The lowest BCUT2D eigenvalue weighted by Crippen LogP contribution is -2.59. The molecule has 5 rings (SSSR count). The number of aromatic nitrogens is 2. The van der Waals surface area contributed by atoms with Crippen LogP contribution in [0.4, 0.5) is 0 Å². The van der Waals surface area contributed by atoms with Crippen LogP contribution in [0.5, 0.6) is 5.88 Å². The molecule has 32 heavy (non-hydrogen) atoms. The van der Waals surface area contributed by atoms with Gasteiger partial charge in [0.15, 0.2) is 0 Å². The average molecular weight is 439 g/mol. The summed E-state index contributed by atoms with van der Waals surface area (Å²) in [6.45, 7) is 3.47. The third-order valence-corrected chi connectivity index (χ3v) is 6.56. The number of aryl methyl sites for hydroxylation is 1. The minimum Gasteiger partial charge on any atom is -0.478 e. The molecule has 0 spiro atoms. The molecular formula is C24H30N4O4. The maximum absolute atomic E-state index is 9.65. The van der Waals surface area contributed by atoms with Gasteiger partial charge in [0, 0.05) is 17.8 Å². The fourth-order valence-electron chi connectivity index (χ4n) is 4.52. The molecule has 2 aliphatic heterocycles. The summed E-state index contributed by atoms with van der Waals surface area (Å²) < 4.78 is 12.0. The summed E-state index contributed by atoms with van der Waals surface area (Å²) in [7, 11) is 0. The summed E-state index contributed by atoms with van der Waals surface area (Å²) in [6.07, 6.45) is 10.9. The second kappa shape index (κ2) is 10.6. The first-order chi connectivity index (χ1) is 15.5. The Morgan fingerprint density at radius 3 is 2.59 bits per heavy atom. The Balaban J connectivity index is 0.000000913. The minimum absolute atomic E-state index is 0.113. The van der Waals surface area contributed by atoms with Gasteiger partial charge < -0.3 is 15.2 Å². The number of nitriles is 1. The van der Waals surface area contributed by atoms with Gasteiger partial charge in [-0.15, -0.1) is 0 Å². The Labute approximate surface area is 188 Å². The van der Waals surface area contributed by atoms with Gasteiger partial charge in [0.05, 0.1) is 35.4 Å². The summed E-state index contributed by atoms with van der Waals surface area (Å²) in [5, 5.41) is 9.65. The summed E-state index contributed by atoms with van der Waals surface area (Å²) >= 11 is 0. The van der Waals surface area contributed by atoms with E-state index in [2.05, 4.69) is 18.0 Å². The third-order valence-electron chi connectivity index (χ3n) is 6.56. The minimum atomic E-state index is -0.130. The summed E-state index contributed by atoms with van der Waals surface area (Å²) in [5.74, 6) is 0.601. The van der Waals surface area contributed by atoms with E-state index in [1.807, 2.05) is 12.1 Å². The zero-order valence-corrected chi connectivity index (χ0v) is 18.6. The maximum Gasteiger partial charge on any atom is 0.373 e. The largest absolute Gasteiger partial charge is 0.478 e. The number of fused-ring (bicyclic) bond motifs is 4. The highest BCUT2D eigenvalue weighted by molar-refractivity contribution is 5.80. The predicted molar refractivity (Wildman–Crippen MR) is 117 cm³/mol. The molecule has 3 fully saturated rings. The first-order valence-corrected chi connectivity index (χ1v) is 11.2. The van der Waals surface area contributed by atoms with E-state index >= 15 is 0 Å². The molecule has 4 heterocycles. The molecule has 2 N–H and O–H groups in total. The average Bonchev–Trinajstić information content (AvgIpc) is 2.81. The fourth-order valence-corrected chi connectivity index (χ4v) is 4.52. The van der Waals surface area contributed by atoms with Crippen LogP contribution in [-0.4, -0.2) is 40.5 Å². The topological polar surface area (TPSA) is 128 Å². The number of hydrogen-bond donors (Lipinski definition) is 1. The number of pyridine rings is 2. The van der Waals surface area contributed by atoms with Crippen molar-refractivity contribution in [2.24, 2.45) is 5.73 Å². The zero-order chi connectivity index (χ0) is 23.0. The molecule has 1 saturated carbocycles. The quantitative estimate of drug-likeness (QED) is 0.621. The molecule has 0 amide bonds. The Bertz CT molecular complexity index is 986. The molecule has 8 nitrogen and oxygen atoms in total. The number of ether oxygens (including phenoxy) is 2. The van der Waals surface area contributed by atoms with Crippen LogP contribution >= 0.6 is 0 Å². The lowest BCUT2D eigenvalue weighted by molar-refractivity contribution is -0.191. The molecule has 2 saturated heterocycles. The Hall–Kier alpha value is -2.85. The van der Waals surface area contributed by atoms with Crippen LogP contribution in [0.15, 0.2) is 18.3 Å². The zero-order valence-electron chi connectivity index (χ0n) is 18.6. The lowest BCUT2D eigenvalue weighted by Gasteiger charge is -2.51. The van der Waals surface area contributed by atoms with Crippen molar-refractivity contribution < 1.29 is 19.1 Å². The monoisotopic (exact) mass is 438 g/mol. The summed E-state index contributed by atoms with van der Waals surface area (Å²) in [6, 6.07) is 6.09. The van der Waals surface area contributed by atoms with Crippen LogP contribution in [0.25, 0.3) is 11.0 Å². The predicted octanol–water partition coefficient (Wildman–Crippen LogP) is 3.46. The number of carbonyl (C=O) groups excluding carboxylic acids is 2. The van der Waals surface area contributed by atoms with E-state index in [4.69, 9.17) is 29.8 Å². The van der Waals surface area contributed by atoms with Gasteiger partial charge in [-0.2, -0.15) is 14.9 Å². The van der Waals surface area contributed by atoms with Crippen LogP contribution < -0.4 is 10.5 Å². The fraction of sp³-hybridized carbons (Fsp3) is 0.583. The summed E-state index contributed by atoms with van der Waals surface area (Å²) in [5.41, 5.74) is 9.22. The van der Waals surface area contributed by atoms with Crippen LogP contribution in [0.1, 0.15) is 69.4 Å². The second-order valence-corrected chi connectivity index (χ2v) is 8.75. The van der Waals surface area contributed by atoms with Crippen molar-refractivity contribution in [2.45, 2.75) is 75.9 Å². The van der Waals surface area contributed by atoms with Gasteiger partial charge in [-0.25, -0.2) is 4.98 Å². The van der Waals surface area contributed by atoms with Gasteiger partial charge in [-0.05, 0) is 56.6 Å². The molecule has 170 valence electrons. The van der Waals surface area contributed by atoms with Crippen molar-refractivity contribution in [1.82, 2.24) is 9.97 Å². The molecule has 0 atom stereocenters. The van der Waals surface area contributed by atoms with Crippen molar-refractivity contribution >= 4 is 17.2 Å². The van der Waals surface area contributed by atoms with Crippen LogP contribution in [0, 0.1) is 11.3 Å². The first-order valence-electron chi connectivity index (χ1n) is 11.2. The van der Waals surface area contributed by atoms with Gasteiger partial charge in [-0.1, -0.05) is 19.8 Å². The van der Waals surface area contributed by atoms with E-state index in [0.717, 1.165) is 74.4 Å². The number of nitrogens with zero attached hydrogens (tertiary/aromatic N) is 3. The normalized spacial score (nSPS) is 23.7.